The summed E-state index contributed by atoms with van der Waals surface area (Å²) in [5, 5.41) is 26.1. The Labute approximate surface area is 181 Å². The molecule has 10 heteroatoms. The third kappa shape index (κ3) is 7.21. The van der Waals surface area contributed by atoms with Gasteiger partial charge in [-0.3, -0.25) is 5.32 Å². The summed E-state index contributed by atoms with van der Waals surface area (Å²) in [7, 11) is 0. The standard InChI is InChI=1S/C20H34N2O7S/c1-9-27-15(23)12-11(3)13(16(24)28-10-2)30-14(12)21-18(26)22-20(7,8)17(25)29-19(4,5)6/h15-16,23-24H,9-10H2,1-8H3,(H2,21,22,26). The molecule has 0 aromatic carbocycles. The molecule has 0 aliphatic carbocycles. The second-order valence-corrected chi connectivity index (χ2v) is 9.21. The lowest BCUT2D eigenvalue weighted by molar-refractivity contribution is -0.161. The lowest BCUT2D eigenvalue weighted by Gasteiger charge is -2.29. The van der Waals surface area contributed by atoms with Gasteiger partial charge in [-0.15, -0.1) is 11.3 Å². The Kier molecular flexibility index (Phi) is 9.25. The van der Waals surface area contributed by atoms with Gasteiger partial charge in [-0.05, 0) is 61.0 Å². The Morgan fingerprint density at radius 2 is 1.57 bits per heavy atom. The van der Waals surface area contributed by atoms with Crippen molar-refractivity contribution in [3.8, 4) is 0 Å². The van der Waals surface area contributed by atoms with Gasteiger partial charge in [0.1, 0.15) is 16.1 Å². The van der Waals surface area contributed by atoms with Crippen LogP contribution in [0.15, 0.2) is 0 Å². The number of aliphatic hydroxyl groups excluding tert-OH is 2. The number of carbonyl (C=O) groups is 2. The number of anilines is 1. The fraction of sp³-hybridized carbons (Fsp3) is 0.700. The normalized spacial score (nSPS) is 14.2. The van der Waals surface area contributed by atoms with Crippen molar-refractivity contribution in [1.82, 2.24) is 5.32 Å². The van der Waals surface area contributed by atoms with Crippen LogP contribution in [0.25, 0.3) is 0 Å². The first-order chi connectivity index (χ1) is 13.7. The Morgan fingerprint density at radius 3 is 2.07 bits per heavy atom. The first-order valence-corrected chi connectivity index (χ1v) is 10.6. The predicted molar refractivity (Wildman–Crippen MR) is 114 cm³/mol. The number of aliphatic hydroxyl groups is 2. The molecule has 0 aliphatic rings. The zero-order chi connectivity index (χ0) is 23.3. The van der Waals surface area contributed by atoms with E-state index in [2.05, 4.69) is 10.6 Å². The van der Waals surface area contributed by atoms with Crippen molar-refractivity contribution in [3.63, 3.8) is 0 Å². The van der Waals surface area contributed by atoms with Gasteiger partial charge in [0.25, 0.3) is 0 Å². The average molecular weight is 447 g/mol. The highest BCUT2D eigenvalue weighted by Gasteiger charge is 2.35. The Balaban J connectivity index is 3.11. The van der Waals surface area contributed by atoms with Crippen molar-refractivity contribution >= 4 is 28.3 Å². The summed E-state index contributed by atoms with van der Waals surface area (Å²) in [5.74, 6) is -0.588. The third-order valence-corrected chi connectivity index (χ3v) is 5.17. The molecular weight excluding hydrogens is 412 g/mol. The average Bonchev–Trinajstić information content (AvgIpc) is 2.89. The van der Waals surface area contributed by atoms with Crippen LogP contribution in [0.3, 0.4) is 0 Å². The van der Waals surface area contributed by atoms with Gasteiger partial charge >= 0.3 is 12.0 Å². The summed E-state index contributed by atoms with van der Waals surface area (Å²) in [6.07, 6.45) is -2.51. The van der Waals surface area contributed by atoms with Crippen LogP contribution in [0.4, 0.5) is 9.80 Å². The molecule has 0 saturated heterocycles. The van der Waals surface area contributed by atoms with Crippen molar-refractivity contribution in [2.45, 2.75) is 79.1 Å². The molecule has 2 atom stereocenters. The summed E-state index contributed by atoms with van der Waals surface area (Å²) < 4.78 is 15.8. The number of amides is 2. The highest BCUT2D eigenvalue weighted by atomic mass is 32.1. The fourth-order valence-electron chi connectivity index (χ4n) is 2.52. The number of rotatable bonds is 9. The summed E-state index contributed by atoms with van der Waals surface area (Å²) in [6, 6.07) is -0.672. The van der Waals surface area contributed by atoms with Crippen molar-refractivity contribution in [3.05, 3.63) is 16.0 Å². The second kappa shape index (κ2) is 10.5. The summed E-state index contributed by atoms with van der Waals surface area (Å²) in [5.41, 5.74) is -1.13. The Hall–Kier alpha value is -1.72. The molecule has 0 bridgehead atoms. The van der Waals surface area contributed by atoms with Gasteiger partial charge in [0.15, 0.2) is 12.6 Å². The maximum atomic E-state index is 12.6. The van der Waals surface area contributed by atoms with Gasteiger partial charge in [0, 0.05) is 18.8 Å². The van der Waals surface area contributed by atoms with Crippen LogP contribution in [0.2, 0.25) is 0 Å². The van der Waals surface area contributed by atoms with E-state index in [9.17, 15) is 19.8 Å². The first-order valence-electron chi connectivity index (χ1n) is 9.78. The molecule has 0 fully saturated rings. The van der Waals surface area contributed by atoms with Gasteiger partial charge in [0.2, 0.25) is 0 Å². The molecule has 1 rings (SSSR count). The van der Waals surface area contributed by atoms with E-state index in [4.69, 9.17) is 14.2 Å². The molecule has 30 heavy (non-hydrogen) atoms. The van der Waals surface area contributed by atoms with E-state index in [1.54, 1.807) is 41.5 Å². The van der Waals surface area contributed by atoms with E-state index >= 15 is 0 Å². The highest BCUT2D eigenvalue weighted by Crippen LogP contribution is 2.40. The van der Waals surface area contributed by atoms with Crippen LogP contribution >= 0.6 is 11.3 Å². The van der Waals surface area contributed by atoms with E-state index in [1.165, 1.54) is 13.8 Å². The smallest absolute Gasteiger partial charge is 0.331 e. The maximum absolute atomic E-state index is 12.6. The summed E-state index contributed by atoms with van der Waals surface area (Å²) >= 11 is 1.06. The van der Waals surface area contributed by atoms with Crippen LogP contribution < -0.4 is 10.6 Å². The number of carbonyl (C=O) groups excluding carboxylic acids is 2. The number of esters is 1. The van der Waals surface area contributed by atoms with E-state index in [0.717, 1.165) is 11.3 Å². The van der Waals surface area contributed by atoms with Crippen LogP contribution in [-0.2, 0) is 19.0 Å². The number of ether oxygens (including phenoxy) is 3. The quantitative estimate of drug-likeness (QED) is 0.338. The molecule has 0 saturated carbocycles. The van der Waals surface area contributed by atoms with Gasteiger partial charge < -0.3 is 29.7 Å². The second-order valence-electron chi connectivity index (χ2n) is 8.16. The van der Waals surface area contributed by atoms with Crippen molar-refractivity contribution in [1.29, 1.82) is 0 Å². The fourth-order valence-corrected chi connectivity index (χ4v) is 3.68. The molecule has 4 N–H and O–H groups in total. The minimum atomic E-state index is -1.30. The SMILES string of the molecule is CCOC(O)c1sc(NC(=O)NC(C)(C)C(=O)OC(C)(C)C)c(C(O)OCC)c1C. The molecule has 0 radical (unpaired) electrons. The van der Waals surface area contributed by atoms with E-state index in [1.807, 2.05) is 0 Å². The summed E-state index contributed by atoms with van der Waals surface area (Å²) in [6.45, 7) is 14.0. The minimum Gasteiger partial charge on any atom is -0.458 e. The van der Waals surface area contributed by atoms with Gasteiger partial charge in [-0.1, -0.05) is 0 Å². The number of hydrogen-bond acceptors (Lipinski definition) is 8. The van der Waals surface area contributed by atoms with Crippen LogP contribution in [0.1, 0.15) is 77.1 Å². The molecule has 0 spiro atoms. The zero-order valence-corrected chi connectivity index (χ0v) is 19.7. The van der Waals surface area contributed by atoms with E-state index < -0.39 is 35.7 Å². The van der Waals surface area contributed by atoms with Gasteiger partial charge in [-0.25, -0.2) is 9.59 Å². The third-order valence-electron chi connectivity index (χ3n) is 3.91. The van der Waals surface area contributed by atoms with Crippen LogP contribution in [-0.4, -0.2) is 46.6 Å². The molecule has 9 nitrogen and oxygen atoms in total. The Morgan fingerprint density at radius 1 is 1.03 bits per heavy atom. The lowest BCUT2D eigenvalue weighted by Crippen LogP contribution is -2.53. The van der Waals surface area contributed by atoms with Crippen molar-refractivity contribution in [2.75, 3.05) is 18.5 Å². The number of hydrogen-bond donors (Lipinski definition) is 4. The molecule has 1 aromatic rings. The summed E-state index contributed by atoms with van der Waals surface area (Å²) in [4.78, 5) is 25.4. The maximum Gasteiger partial charge on any atom is 0.331 e. The topological polar surface area (TPSA) is 126 Å². The molecule has 172 valence electrons. The van der Waals surface area contributed by atoms with E-state index in [-0.39, 0.29) is 18.2 Å². The minimum absolute atomic E-state index is 0.247. The molecule has 1 heterocycles. The monoisotopic (exact) mass is 446 g/mol. The number of thiophene rings is 1. The predicted octanol–water partition coefficient (Wildman–Crippen LogP) is 3.35. The number of nitrogens with one attached hydrogen (secondary N) is 2. The molecular formula is C20H34N2O7S. The van der Waals surface area contributed by atoms with Gasteiger partial charge in [0.05, 0.1) is 4.88 Å². The Bertz CT molecular complexity index is 740. The first kappa shape index (κ1) is 26.3. The molecule has 0 aliphatic heterocycles. The van der Waals surface area contributed by atoms with Gasteiger partial charge in [-0.2, -0.15) is 0 Å². The van der Waals surface area contributed by atoms with E-state index in [0.29, 0.717) is 16.0 Å². The largest absolute Gasteiger partial charge is 0.458 e. The molecule has 1 aromatic heterocycles. The highest BCUT2D eigenvalue weighted by molar-refractivity contribution is 7.16. The van der Waals surface area contributed by atoms with Crippen LogP contribution in [0.5, 0.6) is 0 Å². The van der Waals surface area contributed by atoms with Crippen molar-refractivity contribution in [2.24, 2.45) is 0 Å². The van der Waals surface area contributed by atoms with Crippen LogP contribution in [0, 0.1) is 6.92 Å². The zero-order valence-electron chi connectivity index (χ0n) is 18.9. The molecule has 2 unspecified atom stereocenters. The van der Waals surface area contributed by atoms with Crippen molar-refractivity contribution < 1.29 is 34.0 Å². The molecule has 2 amide bonds. The number of urea groups is 1. The lowest BCUT2D eigenvalue weighted by atomic mass is 10.1.